The van der Waals surface area contributed by atoms with E-state index in [2.05, 4.69) is 20.8 Å². The van der Waals surface area contributed by atoms with Crippen LogP contribution in [0.15, 0.2) is 0 Å². The first kappa shape index (κ1) is 18.9. The van der Waals surface area contributed by atoms with Gasteiger partial charge in [-0.25, -0.2) is 0 Å². The number of hydrogen-bond acceptors (Lipinski definition) is 5. The fraction of sp³-hybridized carbons (Fsp3) is 0.867. The van der Waals surface area contributed by atoms with Crippen LogP contribution in [0.5, 0.6) is 0 Å². The molecule has 0 amide bonds. The molecule has 2 atom stereocenters. The molecule has 0 aromatic carbocycles. The van der Waals surface area contributed by atoms with Crippen molar-refractivity contribution in [1.29, 1.82) is 0 Å². The van der Waals surface area contributed by atoms with Crippen LogP contribution in [0.4, 0.5) is 0 Å². The van der Waals surface area contributed by atoms with Gasteiger partial charge in [-0.1, -0.05) is 34.6 Å². The molecule has 0 aromatic rings. The molecule has 1 N–H and O–H groups in total. The fourth-order valence-electron chi connectivity index (χ4n) is 1.77. The minimum atomic E-state index is -1.02. The molecule has 0 aromatic heterocycles. The third kappa shape index (κ3) is 9.78. The number of aliphatic hydroxyl groups is 1. The maximum absolute atomic E-state index is 11.6. The van der Waals surface area contributed by atoms with Gasteiger partial charge in [0, 0.05) is 0 Å². The Balaban J connectivity index is 3.99. The van der Waals surface area contributed by atoms with E-state index in [1.54, 1.807) is 13.8 Å². The van der Waals surface area contributed by atoms with Crippen LogP contribution >= 0.6 is 0 Å². The van der Waals surface area contributed by atoms with Gasteiger partial charge in [-0.3, -0.25) is 9.59 Å². The molecular weight excluding hydrogens is 260 g/mol. The smallest absolute Gasteiger partial charge is 0.308 e. The topological polar surface area (TPSA) is 72.8 Å². The Morgan fingerprint density at radius 1 is 1.15 bits per heavy atom. The molecule has 0 heterocycles. The lowest BCUT2D eigenvalue weighted by molar-refractivity contribution is -0.157. The fourth-order valence-corrected chi connectivity index (χ4v) is 1.77. The lowest BCUT2D eigenvalue weighted by Crippen LogP contribution is -2.27. The second kappa shape index (κ2) is 8.25. The van der Waals surface area contributed by atoms with Crippen LogP contribution in [0.2, 0.25) is 0 Å². The second-order valence-electron chi connectivity index (χ2n) is 6.71. The first-order valence-corrected chi connectivity index (χ1v) is 7.05. The first-order chi connectivity index (χ1) is 9.01. The molecule has 0 spiro atoms. The van der Waals surface area contributed by atoms with Gasteiger partial charge < -0.3 is 14.6 Å². The van der Waals surface area contributed by atoms with Crippen LogP contribution in [0, 0.1) is 11.3 Å². The molecule has 118 valence electrons. The molecule has 0 saturated heterocycles. The van der Waals surface area contributed by atoms with E-state index < -0.39 is 18.0 Å². The molecule has 0 aliphatic heterocycles. The van der Waals surface area contributed by atoms with Crippen LogP contribution in [0.3, 0.4) is 0 Å². The number of ether oxygens (including phenoxy) is 2. The zero-order valence-corrected chi connectivity index (χ0v) is 13.4. The zero-order chi connectivity index (χ0) is 15.9. The minimum Gasteiger partial charge on any atom is -0.463 e. The molecule has 0 radical (unpaired) electrons. The van der Waals surface area contributed by atoms with Crippen LogP contribution < -0.4 is 0 Å². The average molecular weight is 288 g/mol. The van der Waals surface area contributed by atoms with Gasteiger partial charge in [0.1, 0.15) is 6.61 Å². The summed E-state index contributed by atoms with van der Waals surface area (Å²) in [6, 6.07) is 0. The molecule has 20 heavy (non-hydrogen) atoms. The van der Waals surface area contributed by atoms with Crippen molar-refractivity contribution >= 4 is 11.9 Å². The molecule has 0 saturated carbocycles. The quantitative estimate of drug-likeness (QED) is 0.728. The summed E-state index contributed by atoms with van der Waals surface area (Å²) in [5.74, 6) is -1.12. The molecule has 5 heteroatoms. The van der Waals surface area contributed by atoms with Crippen LogP contribution in [0.1, 0.15) is 54.4 Å². The third-order valence-electron chi connectivity index (χ3n) is 2.52. The van der Waals surface area contributed by atoms with E-state index in [0.29, 0.717) is 0 Å². The number of hydrogen-bond donors (Lipinski definition) is 1. The number of carbonyl (C=O) groups excluding carboxylic acids is 2. The lowest BCUT2D eigenvalue weighted by Gasteiger charge is -2.23. The highest BCUT2D eigenvalue weighted by Gasteiger charge is 2.21. The van der Waals surface area contributed by atoms with E-state index in [-0.39, 0.29) is 30.5 Å². The Labute approximate surface area is 121 Å². The van der Waals surface area contributed by atoms with Gasteiger partial charge in [0.05, 0.1) is 24.5 Å². The van der Waals surface area contributed by atoms with Gasteiger partial charge in [0.15, 0.2) is 0 Å². The summed E-state index contributed by atoms with van der Waals surface area (Å²) in [5, 5.41) is 9.62. The van der Waals surface area contributed by atoms with Crippen molar-refractivity contribution < 1.29 is 24.2 Å². The largest absolute Gasteiger partial charge is 0.463 e. The maximum Gasteiger partial charge on any atom is 0.308 e. The Kier molecular flexibility index (Phi) is 7.79. The van der Waals surface area contributed by atoms with Crippen molar-refractivity contribution in [2.45, 2.75) is 66.6 Å². The molecule has 2 unspecified atom stereocenters. The van der Waals surface area contributed by atoms with Gasteiger partial charge in [-0.2, -0.15) is 0 Å². The third-order valence-corrected chi connectivity index (χ3v) is 2.52. The van der Waals surface area contributed by atoms with E-state index in [1.165, 1.54) is 0 Å². The van der Waals surface area contributed by atoms with Crippen LogP contribution in [-0.2, 0) is 19.1 Å². The number of aliphatic hydroxyl groups excluding tert-OH is 1. The molecule has 0 rings (SSSR count). The number of rotatable bonds is 7. The average Bonchev–Trinajstić information content (AvgIpc) is 2.22. The number of carbonyl (C=O) groups is 2. The van der Waals surface area contributed by atoms with Gasteiger partial charge in [0.25, 0.3) is 0 Å². The van der Waals surface area contributed by atoms with Gasteiger partial charge in [-0.05, 0) is 18.8 Å². The summed E-state index contributed by atoms with van der Waals surface area (Å²) in [6.45, 7) is 11.3. The van der Waals surface area contributed by atoms with E-state index in [1.807, 2.05) is 6.92 Å². The van der Waals surface area contributed by atoms with Gasteiger partial charge in [0.2, 0.25) is 0 Å². The maximum atomic E-state index is 11.6. The normalized spacial score (nSPS) is 14.8. The van der Waals surface area contributed by atoms with Gasteiger partial charge in [-0.15, -0.1) is 0 Å². The summed E-state index contributed by atoms with van der Waals surface area (Å²) in [5.41, 5.74) is 0.0745. The zero-order valence-electron chi connectivity index (χ0n) is 13.4. The lowest BCUT2D eigenvalue weighted by atomic mass is 9.90. The summed E-state index contributed by atoms with van der Waals surface area (Å²) >= 11 is 0. The van der Waals surface area contributed by atoms with Gasteiger partial charge >= 0.3 is 11.9 Å². The molecule has 0 aliphatic carbocycles. The molecule has 5 nitrogen and oxygen atoms in total. The Hall–Kier alpha value is -1.10. The van der Waals surface area contributed by atoms with Crippen LogP contribution in [0.25, 0.3) is 0 Å². The highest BCUT2D eigenvalue weighted by Crippen LogP contribution is 2.22. The molecule has 0 aliphatic rings. The van der Waals surface area contributed by atoms with Crippen molar-refractivity contribution in [3.05, 3.63) is 0 Å². The highest BCUT2D eigenvalue weighted by atomic mass is 16.6. The second-order valence-corrected chi connectivity index (χ2v) is 6.71. The number of esters is 2. The van der Waals surface area contributed by atoms with Crippen molar-refractivity contribution in [1.82, 2.24) is 0 Å². The van der Waals surface area contributed by atoms with Crippen LogP contribution in [-0.4, -0.2) is 35.9 Å². The Morgan fingerprint density at radius 3 is 2.15 bits per heavy atom. The van der Waals surface area contributed by atoms with E-state index >= 15 is 0 Å². The summed E-state index contributed by atoms with van der Waals surface area (Å²) in [7, 11) is 0. The van der Waals surface area contributed by atoms with Crippen molar-refractivity contribution in [2.75, 3.05) is 6.61 Å². The molecule has 0 bridgehead atoms. The summed E-state index contributed by atoms with van der Waals surface area (Å²) < 4.78 is 10.1. The van der Waals surface area contributed by atoms with Crippen molar-refractivity contribution in [2.24, 2.45) is 11.3 Å². The predicted octanol–water partition coefficient (Wildman–Crippen LogP) is 2.30. The standard InChI is InChI=1S/C15H28O5/c1-10(2)14(18)19-9-12(16)7-13(17)20-11(3)8-15(4,5)6/h10-12,16H,7-9H2,1-6H3. The van der Waals surface area contributed by atoms with Crippen molar-refractivity contribution in [3.63, 3.8) is 0 Å². The summed E-state index contributed by atoms with van der Waals surface area (Å²) in [6.07, 6.45) is -0.642. The predicted molar refractivity (Wildman–Crippen MR) is 76.0 cm³/mol. The Bertz CT molecular complexity index is 317. The monoisotopic (exact) mass is 288 g/mol. The molecular formula is C15H28O5. The van der Waals surface area contributed by atoms with E-state index in [0.717, 1.165) is 6.42 Å². The first-order valence-electron chi connectivity index (χ1n) is 7.05. The SMILES string of the molecule is CC(CC(C)(C)C)OC(=O)CC(O)COC(=O)C(C)C. The Morgan fingerprint density at radius 2 is 1.70 bits per heavy atom. The highest BCUT2D eigenvalue weighted by molar-refractivity contribution is 5.72. The van der Waals surface area contributed by atoms with E-state index in [9.17, 15) is 14.7 Å². The van der Waals surface area contributed by atoms with Crippen molar-refractivity contribution in [3.8, 4) is 0 Å². The van der Waals surface area contributed by atoms with E-state index in [4.69, 9.17) is 9.47 Å². The summed E-state index contributed by atoms with van der Waals surface area (Å²) in [4.78, 5) is 22.8. The minimum absolute atomic E-state index is 0.0745. The molecule has 0 fully saturated rings.